The molecule has 2 saturated heterocycles. The smallest absolute Gasteiger partial charge is 0.243 e. The van der Waals surface area contributed by atoms with Crippen molar-refractivity contribution in [2.75, 3.05) is 37.7 Å². The van der Waals surface area contributed by atoms with Crippen LogP contribution in [0.25, 0.3) is 0 Å². The lowest BCUT2D eigenvalue weighted by Crippen LogP contribution is -2.49. The molecule has 28 heavy (non-hydrogen) atoms. The van der Waals surface area contributed by atoms with Crippen LogP contribution in [-0.4, -0.2) is 83.3 Å². The van der Waals surface area contributed by atoms with Gasteiger partial charge in [-0.05, 0) is 24.6 Å². The summed E-state index contributed by atoms with van der Waals surface area (Å²) in [6.45, 7) is 2.21. The zero-order valence-corrected chi connectivity index (χ0v) is 17.8. The molecule has 0 unspecified atom stereocenters. The van der Waals surface area contributed by atoms with Gasteiger partial charge in [-0.1, -0.05) is 6.07 Å². The molecule has 2 heterocycles. The van der Waals surface area contributed by atoms with Crippen LogP contribution in [0.4, 0.5) is 0 Å². The highest BCUT2D eigenvalue weighted by Gasteiger charge is 2.38. The standard InChI is InChI=1S/C16H22N2O7S3/c1-13(19)17-6-8-18(9-7-17)28(24,25)15-4-2-3-14(11-15)27(22,23)16-5-10-26(20,21)12-16/h2-4,11,16H,5-10,12H2,1H3/t16-/m1/s1. The highest BCUT2D eigenvalue weighted by Crippen LogP contribution is 2.28. The quantitative estimate of drug-likeness (QED) is 0.605. The topological polar surface area (TPSA) is 126 Å². The third-order valence-electron chi connectivity index (χ3n) is 5.09. The molecule has 1 aromatic carbocycles. The maximum atomic E-state index is 12.9. The minimum atomic E-state index is -3.96. The van der Waals surface area contributed by atoms with Crippen molar-refractivity contribution in [3.8, 4) is 0 Å². The highest BCUT2D eigenvalue weighted by atomic mass is 32.2. The Hall–Kier alpha value is -1.50. The zero-order chi connectivity index (χ0) is 20.7. The van der Waals surface area contributed by atoms with E-state index in [1.54, 1.807) is 4.90 Å². The summed E-state index contributed by atoms with van der Waals surface area (Å²) in [5.74, 6) is -0.758. The van der Waals surface area contributed by atoms with E-state index in [0.29, 0.717) is 0 Å². The second-order valence-corrected chi connectivity index (χ2v) is 13.3. The first kappa shape index (κ1) is 21.2. The van der Waals surface area contributed by atoms with Crippen molar-refractivity contribution in [3.05, 3.63) is 24.3 Å². The number of amides is 1. The third-order valence-corrected chi connectivity index (χ3v) is 11.1. The molecular weight excluding hydrogens is 428 g/mol. The largest absolute Gasteiger partial charge is 0.340 e. The van der Waals surface area contributed by atoms with E-state index in [1.165, 1.54) is 29.4 Å². The summed E-state index contributed by atoms with van der Waals surface area (Å²) >= 11 is 0. The molecule has 156 valence electrons. The summed E-state index contributed by atoms with van der Waals surface area (Å²) < 4.78 is 75.8. The molecule has 1 atom stereocenters. The normalized spacial score (nSPS) is 23.6. The number of sulfone groups is 2. The Morgan fingerprint density at radius 1 is 1.04 bits per heavy atom. The highest BCUT2D eigenvalue weighted by molar-refractivity contribution is 7.96. The molecule has 0 bridgehead atoms. The summed E-state index contributed by atoms with van der Waals surface area (Å²) in [6.07, 6.45) is 0.00858. The lowest BCUT2D eigenvalue weighted by Gasteiger charge is -2.33. The number of nitrogens with zero attached hydrogens (tertiary/aromatic N) is 2. The summed E-state index contributed by atoms with van der Waals surface area (Å²) in [5, 5.41) is -1.06. The number of hydrogen-bond donors (Lipinski definition) is 0. The van der Waals surface area contributed by atoms with Gasteiger partial charge < -0.3 is 4.90 Å². The van der Waals surface area contributed by atoms with Crippen molar-refractivity contribution in [3.63, 3.8) is 0 Å². The second kappa shape index (κ2) is 7.39. The molecule has 12 heteroatoms. The van der Waals surface area contributed by atoms with Gasteiger partial charge >= 0.3 is 0 Å². The van der Waals surface area contributed by atoms with Crippen LogP contribution in [-0.2, 0) is 34.5 Å². The molecule has 1 aromatic rings. The van der Waals surface area contributed by atoms with Crippen molar-refractivity contribution in [2.24, 2.45) is 0 Å². The molecule has 0 aromatic heterocycles. The average Bonchev–Trinajstić information content (AvgIpc) is 3.02. The van der Waals surface area contributed by atoms with Crippen molar-refractivity contribution in [2.45, 2.75) is 28.4 Å². The van der Waals surface area contributed by atoms with Gasteiger partial charge in [0.1, 0.15) is 0 Å². The van der Waals surface area contributed by atoms with E-state index < -0.39 is 40.7 Å². The number of carbonyl (C=O) groups excluding carboxylic acids is 1. The number of benzene rings is 1. The van der Waals surface area contributed by atoms with Gasteiger partial charge in [-0.15, -0.1) is 0 Å². The van der Waals surface area contributed by atoms with Crippen LogP contribution in [0.15, 0.2) is 34.1 Å². The van der Waals surface area contributed by atoms with Gasteiger partial charge in [0, 0.05) is 33.1 Å². The van der Waals surface area contributed by atoms with Gasteiger partial charge in [0.15, 0.2) is 19.7 Å². The van der Waals surface area contributed by atoms with Gasteiger partial charge in [0.2, 0.25) is 15.9 Å². The molecule has 0 N–H and O–H groups in total. The first-order chi connectivity index (χ1) is 12.9. The van der Waals surface area contributed by atoms with Crippen molar-refractivity contribution in [1.29, 1.82) is 0 Å². The molecule has 2 fully saturated rings. The maximum Gasteiger partial charge on any atom is 0.243 e. The Balaban J connectivity index is 1.86. The number of carbonyl (C=O) groups is 1. The second-order valence-electron chi connectivity index (χ2n) is 6.96. The van der Waals surface area contributed by atoms with Gasteiger partial charge in [-0.2, -0.15) is 4.31 Å². The van der Waals surface area contributed by atoms with E-state index in [1.807, 2.05) is 0 Å². The van der Waals surface area contributed by atoms with Crippen molar-refractivity contribution in [1.82, 2.24) is 9.21 Å². The Morgan fingerprint density at radius 3 is 2.18 bits per heavy atom. The molecular formula is C16H22N2O7S3. The molecule has 3 rings (SSSR count). The summed E-state index contributed by atoms with van der Waals surface area (Å²) in [6, 6.07) is 5.03. The number of piperazine rings is 1. The number of rotatable bonds is 4. The van der Waals surface area contributed by atoms with Crippen LogP contribution in [0.1, 0.15) is 13.3 Å². The van der Waals surface area contributed by atoms with E-state index in [4.69, 9.17) is 0 Å². The van der Waals surface area contributed by atoms with Crippen LogP contribution in [0.5, 0.6) is 0 Å². The monoisotopic (exact) mass is 450 g/mol. The molecule has 0 aliphatic carbocycles. The van der Waals surface area contributed by atoms with E-state index in [9.17, 15) is 30.0 Å². The van der Waals surface area contributed by atoms with Gasteiger partial charge in [-0.3, -0.25) is 4.79 Å². The first-order valence-corrected chi connectivity index (χ1v) is 13.5. The predicted molar refractivity (Wildman–Crippen MR) is 102 cm³/mol. The molecule has 2 aliphatic heterocycles. The summed E-state index contributed by atoms with van der Waals surface area (Å²) in [4.78, 5) is 12.6. The third kappa shape index (κ3) is 4.09. The fraction of sp³-hybridized carbons (Fsp3) is 0.562. The number of hydrogen-bond acceptors (Lipinski definition) is 7. The molecule has 0 spiro atoms. The molecule has 0 saturated carbocycles. The minimum absolute atomic E-state index is 0.00858. The average molecular weight is 451 g/mol. The van der Waals surface area contributed by atoms with E-state index in [-0.39, 0.29) is 54.1 Å². The fourth-order valence-electron chi connectivity index (χ4n) is 3.40. The maximum absolute atomic E-state index is 12.9. The van der Waals surface area contributed by atoms with Gasteiger partial charge in [0.25, 0.3) is 0 Å². The predicted octanol–water partition coefficient (Wildman–Crippen LogP) is -0.500. The van der Waals surface area contributed by atoms with Crippen molar-refractivity contribution >= 4 is 35.6 Å². The molecule has 9 nitrogen and oxygen atoms in total. The first-order valence-electron chi connectivity index (χ1n) is 8.73. The van der Waals surface area contributed by atoms with Crippen LogP contribution in [0, 0.1) is 0 Å². The minimum Gasteiger partial charge on any atom is -0.340 e. The van der Waals surface area contributed by atoms with Gasteiger partial charge in [-0.25, -0.2) is 25.3 Å². The molecule has 0 radical (unpaired) electrons. The lowest BCUT2D eigenvalue weighted by atomic mass is 10.3. The van der Waals surface area contributed by atoms with Crippen LogP contribution >= 0.6 is 0 Å². The zero-order valence-electron chi connectivity index (χ0n) is 15.3. The Kier molecular flexibility index (Phi) is 5.60. The van der Waals surface area contributed by atoms with Crippen LogP contribution in [0.3, 0.4) is 0 Å². The number of sulfonamides is 1. The molecule has 1 amide bonds. The lowest BCUT2D eigenvalue weighted by molar-refractivity contribution is -0.129. The Bertz CT molecular complexity index is 1090. The van der Waals surface area contributed by atoms with Gasteiger partial charge in [0.05, 0.1) is 26.5 Å². The fourth-order valence-corrected chi connectivity index (χ4v) is 9.35. The SMILES string of the molecule is CC(=O)N1CCN(S(=O)(=O)c2cccc(S(=O)(=O)[C@@H]3CCS(=O)(=O)C3)c2)CC1. The van der Waals surface area contributed by atoms with E-state index >= 15 is 0 Å². The van der Waals surface area contributed by atoms with Crippen LogP contribution < -0.4 is 0 Å². The summed E-state index contributed by atoms with van der Waals surface area (Å²) in [7, 11) is -11.3. The van der Waals surface area contributed by atoms with Crippen LogP contribution in [0.2, 0.25) is 0 Å². The Morgan fingerprint density at radius 2 is 1.64 bits per heavy atom. The molecule has 2 aliphatic rings. The summed E-state index contributed by atoms with van der Waals surface area (Å²) in [5.41, 5.74) is 0. The van der Waals surface area contributed by atoms with E-state index in [0.717, 1.165) is 6.07 Å². The van der Waals surface area contributed by atoms with Crippen molar-refractivity contribution < 1.29 is 30.0 Å². The Labute approximate surface area is 165 Å². The van der Waals surface area contributed by atoms with E-state index in [2.05, 4.69) is 0 Å².